The summed E-state index contributed by atoms with van der Waals surface area (Å²) in [6, 6.07) is 76.8. The van der Waals surface area contributed by atoms with Crippen molar-refractivity contribution in [3.05, 3.63) is 239 Å². The summed E-state index contributed by atoms with van der Waals surface area (Å²) >= 11 is 0. The first-order valence-corrected chi connectivity index (χ1v) is 26.7. The molecule has 4 saturated carbocycles. The van der Waals surface area contributed by atoms with Crippen LogP contribution in [0.3, 0.4) is 0 Å². The quantitative estimate of drug-likeness (QED) is 0.150. The van der Waals surface area contributed by atoms with Crippen molar-refractivity contribution in [2.24, 2.45) is 17.8 Å². The van der Waals surface area contributed by atoms with Crippen LogP contribution in [0.5, 0.6) is 0 Å². The Labute approximate surface area is 420 Å². The van der Waals surface area contributed by atoms with E-state index in [1.807, 2.05) is 0 Å². The predicted octanol–water partition coefficient (Wildman–Crippen LogP) is 18.1. The van der Waals surface area contributed by atoms with E-state index in [9.17, 15) is 0 Å². The average Bonchev–Trinajstić information content (AvgIpc) is 3.63. The molecule has 2 nitrogen and oxygen atoms in total. The Morgan fingerprint density at radius 1 is 0.408 bits per heavy atom. The second-order valence-corrected chi connectivity index (χ2v) is 22.6. The summed E-state index contributed by atoms with van der Waals surface area (Å²) in [7, 11) is 0. The molecule has 9 aliphatic rings. The number of nitrogens with zero attached hydrogens (tertiary/aromatic N) is 2. The van der Waals surface area contributed by atoms with Crippen LogP contribution >= 0.6 is 0 Å². The Morgan fingerprint density at radius 2 is 0.986 bits per heavy atom. The first kappa shape index (κ1) is 42.7. The summed E-state index contributed by atoms with van der Waals surface area (Å²) in [6.07, 6.45) is 12.3. The highest BCUT2D eigenvalue weighted by Gasteiger charge is 2.51. The van der Waals surface area contributed by atoms with Gasteiger partial charge in [-0.05, 0) is 209 Å². The van der Waals surface area contributed by atoms with Gasteiger partial charge in [0, 0.05) is 39.2 Å². The molecular weight excluding hydrogens is 857 g/mol. The van der Waals surface area contributed by atoms with Crippen molar-refractivity contribution in [3.63, 3.8) is 0 Å². The number of hydrogen-bond donors (Lipinski definition) is 0. The molecule has 71 heavy (non-hydrogen) atoms. The minimum Gasteiger partial charge on any atom is -0.310 e. The zero-order chi connectivity index (χ0) is 47.3. The lowest BCUT2D eigenvalue weighted by molar-refractivity contribution is -0.00518. The van der Waals surface area contributed by atoms with Crippen LogP contribution in [0, 0.1) is 17.8 Å². The van der Waals surface area contributed by atoms with E-state index in [0.29, 0.717) is 5.41 Å². The largest absolute Gasteiger partial charge is 0.310 e. The summed E-state index contributed by atoms with van der Waals surface area (Å²) < 4.78 is 0. The summed E-state index contributed by atoms with van der Waals surface area (Å²) in [5.41, 5.74) is 22.7. The Bertz CT molecular complexity index is 3450. The van der Waals surface area contributed by atoms with Crippen molar-refractivity contribution in [1.82, 2.24) is 0 Å². The molecule has 8 bridgehead atoms. The van der Waals surface area contributed by atoms with Gasteiger partial charge in [-0.1, -0.05) is 159 Å². The second kappa shape index (κ2) is 16.7. The lowest BCUT2D eigenvalue weighted by atomic mass is 9.48. The van der Waals surface area contributed by atoms with Gasteiger partial charge in [0.2, 0.25) is 0 Å². The number of aryl methyl sites for hydroxylation is 4. The molecule has 4 fully saturated rings. The van der Waals surface area contributed by atoms with Crippen molar-refractivity contribution in [2.75, 3.05) is 9.80 Å². The van der Waals surface area contributed by atoms with E-state index < -0.39 is 0 Å². The van der Waals surface area contributed by atoms with E-state index in [-0.39, 0.29) is 5.41 Å². The van der Waals surface area contributed by atoms with Crippen molar-refractivity contribution >= 4 is 44.9 Å². The van der Waals surface area contributed by atoms with Crippen LogP contribution in [-0.4, -0.2) is 0 Å². The van der Waals surface area contributed by atoms with E-state index >= 15 is 0 Å². The molecule has 9 aromatic rings. The van der Waals surface area contributed by atoms with E-state index in [4.69, 9.17) is 0 Å². The van der Waals surface area contributed by atoms with Crippen molar-refractivity contribution in [2.45, 2.75) is 88.9 Å². The molecule has 0 aromatic heterocycles. The third kappa shape index (κ3) is 7.19. The van der Waals surface area contributed by atoms with E-state index in [1.165, 1.54) is 139 Å². The van der Waals surface area contributed by atoms with Gasteiger partial charge in [-0.3, -0.25) is 0 Å². The summed E-state index contributed by atoms with van der Waals surface area (Å²) in [5.74, 6) is 2.80. The highest BCUT2D eigenvalue weighted by molar-refractivity contribution is 6.02. The van der Waals surface area contributed by atoms with Gasteiger partial charge in [0.25, 0.3) is 0 Å². The molecule has 0 unspecified atom stereocenters. The van der Waals surface area contributed by atoms with Crippen LogP contribution in [0.1, 0.15) is 91.3 Å². The normalized spacial score (nSPS) is 21.1. The van der Waals surface area contributed by atoms with Crippen LogP contribution in [-0.2, 0) is 36.5 Å². The van der Waals surface area contributed by atoms with Gasteiger partial charge in [-0.15, -0.1) is 0 Å². The third-order valence-electron chi connectivity index (χ3n) is 18.0. The van der Waals surface area contributed by atoms with Crippen molar-refractivity contribution < 1.29 is 0 Å². The first-order valence-electron chi connectivity index (χ1n) is 26.7. The smallest absolute Gasteiger partial charge is 0.0540 e. The third-order valence-corrected chi connectivity index (χ3v) is 18.0. The van der Waals surface area contributed by atoms with Gasteiger partial charge >= 0.3 is 0 Å². The molecule has 0 heterocycles. The lowest BCUT2D eigenvalue weighted by Gasteiger charge is -2.57. The maximum atomic E-state index is 2.62. The Hall–Kier alpha value is -7.16. The van der Waals surface area contributed by atoms with Crippen LogP contribution in [0.15, 0.2) is 200 Å². The molecule has 0 amide bonds. The highest BCUT2D eigenvalue weighted by atomic mass is 15.2. The number of anilines is 6. The maximum absolute atomic E-state index is 2.62. The SMILES string of the molecule is CC1(C)c2ccccc2-c2c(-c3ccccc3)cc(N(c3cc4ccc3CCc3ccc(c(N(c5ccccc5)c5ccc(C67CC8CC(CC(C8)C6)C7)cc5)c3)CC4)c3cccc4ccccc34)cc21. The monoisotopic (exact) mass is 918 g/mol. The van der Waals surface area contributed by atoms with Crippen molar-refractivity contribution in [1.29, 1.82) is 0 Å². The molecule has 0 radical (unpaired) electrons. The van der Waals surface area contributed by atoms with E-state index in [2.05, 4.69) is 224 Å². The van der Waals surface area contributed by atoms with Crippen molar-refractivity contribution in [3.8, 4) is 22.3 Å². The molecule has 0 saturated heterocycles. The lowest BCUT2D eigenvalue weighted by Crippen LogP contribution is -2.48. The summed E-state index contributed by atoms with van der Waals surface area (Å²) in [5, 5.41) is 2.50. The predicted molar refractivity (Wildman–Crippen MR) is 297 cm³/mol. The molecule has 9 aliphatic carbocycles. The Kier molecular flexibility index (Phi) is 10.1. The zero-order valence-electron chi connectivity index (χ0n) is 41.3. The Balaban J connectivity index is 0.885. The van der Waals surface area contributed by atoms with Crippen LogP contribution in [0.4, 0.5) is 34.1 Å². The van der Waals surface area contributed by atoms with Crippen LogP contribution < -0.4 is 9.80 Å². The first-order chi connectivity index (χ1) is 34.8. The fraction of sp³-hybridized carbons (Fsp3) is 0.246. The fourth-order valence-electron chi connectivity index (χ4n) is 14.9. The topological polar surface area (TPSA) is 6.48 Å². The van der Waals surface area contributed by atoms with Crippen LogP contribution in [0.25, 0.3) is 33.0 Å². The van der Waals surface area contributed by atoms with E-state index in [1.54, 1.807) is 5.56 Å². The van der Waals surface area contributed by atoms with Gasteiger partial charge in [0.05, 0.1) is 5.69 Å². The summed E-state index contributed by atoms with van der Waals surface area (Å²) in [4.78, 5) is 5.18. The molecular formula is C69H62N2. The number of hydrogen-bond acceptors (Lipinski definition) is 2. The van der Waals surface area contributed by atoms with Gasteiger partial charge in [-0.25, -0.2) is 0 Å². The molecule has 18 rings (SSSR count). The highest BCUT2D eigenvalue weighted by Crippen LogP contribution is 2.61. The molecule has 2 heteroatoms. The second-order valence-electron chi connectivity index (χ2n) is 22.6. The number of benzene rings is 9. The number of para-hydroxylation sites is 1. The maximum Gasteiger partial charge on any atom is 0.0540 e. The molecule has 348 valence electrons. The molecule has 0 aliphatic heterocycles. The van der Waals surface area contributed by atoms with Gasteiger partial charge in [0.15, 0.2) is 0 Å². The summed E-state index contributed by atoms with van der Waals surface area (Å²) in [6.45, 7) is 4.83. The fourth-order valence-corrected chi connectivity index (χ4v) is 14.9. The molecule has 0 N–H and O–H groups in total. The molecule has 9 aromatic carbocycles. The van der Waals surface area contributed by atoms with Gasteiger partial charge in [0.1, 0.15) is 0 Å². The average molecular weight is 919 g/mol. The standard InChI is InChI=1S/C69H62N2/c1-68(2)62-22-12-11-21-60(62)67-61(52-14-5-3-6-15-52)41-58(42-63(67)68)71(64-23-13-17-51-16-9-10-20-59(51)64)66-40-47-25-29-53-28-24-46(26-30-54(66)31-27-47)39-65(53)70(56-18-7-4-8-19-56)57-34-32-55(33-35-57)69-43-48-36-49(44-69)38-50(37-48)45-69/h3-24,27-28,31-35,39-42,48-50H,25-26,29-30,36-38,43-45H2,1-2H3. The van der Waals surface area contributed by atoms with Gasteiger partial charge < -0.3 is 9.80 Å². The van der Waals surface area contributed by atoms with Gasteiger partial charge in [-0.2, -0.15) is 0 Å². The number of fused-ring (bicyclic) bond motifs is 4. The zero-order valence-corrected chi connectivity index (χ0v) is 41.3. The molecule has 0 atom stereocenters. The number of rotatable bonds is 8. The minimum absolute atomic E-state index is 0.175. The minimum atomic E-state index is -0.175. The van der Waals surface area contributed by atoms with Crippen LogP contribution in [0.2, 0.25) is 0 Å². The van der Waals surface area contributed by atoms with E-state index in [0.717, 1.165) is 43.4 Å². The molecule has 0 spiro atoms. The Morgan fingerprint density at radius 3 is 1.68 bits per heavy atom.